The van der Waals surface area contributed by atoms with Gasteiger partial charge in [-0.1, -0.05) is 11.6 Å². The van der Waals surface area contributed by atoms with Gasteiger partial charge in [-0.3, -0.25) is 4.79 Å². The number of hydrogen-bond acceptors (Lipinski definition) is 2. The van der Waals surface area contributed by atoms with Gasteiger partial charge < -0.3 is 10.5 Å². The van der Waals surface area contributed by atoms with E-state index in [1.165, 1.54) is 13.0 Å². The van der Waals surface area contributed by atoms with E-state index in [9.17, 15) is 18.0 Å². The average molecular weight is 268 g/mol. The van der Waals surface area contributed by atoms with Gasteiger partial charge in [0.15, 0.2) is 6.10 Å². The Morgan fingerprint density at radius 3 is 2.47 bits per heavy atom. The first-order chi connectivity index (χ1) is 7.70. The quantitative estimate of drug-likeness (QED) is 0.915. The molecule has 7 heteroatoms. The number of ether oxygens (including phenoxy) is 1. The van der Waals surface area contributed by atoms with E-state index >= 15 is 0 Å². The number of amides is 1. The predicted molar refractivity (Wildman–Crippen MR) is 55.7 cm³/mol. The molecular weight excluding hydrogens is 259 g/mol. The van der Waals surface area contributed by atoms with Crippen LogP contribution in [-0.2, 0) is 11.0 Å². The van der Waals surface area contributed by atoms with Crippen molar-refractivity contribution in [3.8, 4) is 5.75 Å². The van der Waals surface area contributed by atoms with Crippen molar-refractivity contribution >= 4 is 17.5 Å². The van der Waals surface area contributed by atoms with E-state index in [1.54, 1.807) is 0 Å². The molecule has 1 amide bonds. The van der Waals surface area contributed by atoms with E-state index in [1.807, 2.05) is 0 Å². The third-order valence-electron chi connectivity index (χ3n) is 1.91. The molecule has 0 aromatic heterocycles. The van der Waals surface area contributed by atoms with E-state index in [2.05, 4.69) is 0 Å². The van der Waals surface area contributed by atoms with Crippen molar-refractivity contribution in [2.24, 2.45) is 5.73 Å². The monoisotopic (exact) mass is 267 g/mol. The Kier molecular flexibility index (Phi) is 3.87. The molecule has 0 radical (unpaired) electrons. The summed E-state index contributed by atoms with van der Waals surface area (Å²) in [7, 11) is 0. The molecule has 0 fully saturated rings. The molecule has 1 rings (SSSR count). The number of benzene rings is 1. The van der Waals surface area contributed by atoms with Gasteiger partial charge in [0.1, 0.15) is 5.75 Å². The number of carbonyl (C=O) groups is 1. The topological polar surface area (TPSA) is 52.3 Å². The highest BCUT2D eigenvalue weighted by Crippen LogP contribution is 2.34. The Balaban J connectivity index is 3.02. The van der Waals surface area contributed by atoms with Crippen LogP contribution in [0.1, 0.15) is 12.5 Å². The van der Waals surface area contributed by atoms with Crippen molar-refractivity contribution in [1.29, 1.82) is 0 Å². The van der Waals surface area contributed by atoms with Gasteiger partial charge in [0, 0.05) is 5.02 Å². The van der Waals surface area contributed by atoms with E-state index in [-0.39, 0.29) is 10.8 Å². The zero-order valence-corrected chi connectivity index (χ0v) is 9.47. The summed E-state index contributed by atoms with van der Waals surface area (Å²) in [6, 6.07) is 2.70. The Bertz CT molecular complexity index is 434. The molecule has 2 N–H and O–H groups in total. The molecule has 0 saturated carbocycles. The largest absolute Gasteiger partial charge is 0.481 e. The zero-order valence-electron chi connectivity index (χ0n) is 8.72. The Morgan fingerprint density at radius 2 is 2.00 bits per heavy atom. The van der Waals surface area contributed by atoms with Crippen LogP contribution >= 0.6 is 11.6 Å². The molecule has 0 aliphatic rings. The molecule has 0 spiro atoms. The van der Waals surface area contributed by atoms with E-state index in [0.717, 1.165) is 12.1 Å². The lowest BCUT2D eigenvalue weighted by molar-refractivity contribution is -0.137. The minimum Gasteiger partial charge on any atom is -0.481 e. The van der Waals surface area contributed by atoms with Gasteiger partial charge in [-0.15, -0.1) is 0 Å². The minimum absolute atomic E-state index is 0.133. The van der Waals surface area contributed by atoms with E-state index in [0.29, 0.717) is 0 Å². The van der Waals surface area contributed by atoms with E-state index < -0.39 is 23.8 Å². The van der Waals surface area contributed by atoms with Gasteiger partial charge in [0.2, 0.25) is 0 Å². The van der Waals surface area contributed by atoms with Crippen molar-refractivity contribution in [2.45, 2.75) is 19.2 Å². The van der Waals surface area contributed by atoms with Crippen LogP contribution in [0.3, 0.4) is 0 Å². The maximum atomic E-state index is 12.4. The fourth-order valence-electron chi connectivity index (χ4n) is 1.06. The fourth-order valence-corrected chi connectivity index (χ4v) is 1.28. The van der Waals surface area contributed by atoms with Crippen LogP contribution < -0.4 is 10.5 Å². The lowest BCUT2D eigenvalue weighted by Crippen LogP contribution is -2.30. The summed E-state index contributed by atoms with van der Waals surface area (Å²) in [5.74, 6) is -0.936. The highest BCUT2D eigenvalue weighted by Gasteiger charge is 2.31. The minimum atomic E-state index is -4.53. The second kappa shape index (κ2) is 4.83. The van der Waals surface area contributed by atoms with Crippen LogP contribution in [-0.4, -0.2) is 12.0 Å². The Hall–Kier alpha value is -1.43. The number of hydrogen-bond donors (Lipinski definition) is 1. The van der Waals surface area contributed by atoms with Gasteiger partial charge in [0.25, 0.3) is 5.91 Å². The van der Waals surface area contributed by atoms with Crippen molar-refractivity contribution in [1.82, 2.24) is 0 Å². The first-order valence-electron chi connectivity index (χ1n) is 4.54. The smallest absolute Gasteiger partial charge is 0.416 e. The number of primary amides is 1. The summed E-state index contributed by atoms with van der Waals surface area (Å²) in [6.45, 7) is 1.33. The molecular formula is C10H9ClF3NO2. The van der Waals surface area contributed by atoms with Crippen LogP contribution in [0, 0.1) is 0 Å². The van der Waals surface area contributed by atoms with Gasteiger partial charge in [-0.2, -0.15) is 13.2 Å². The first-order valence-corrected chi connectivity index (χ1v) is 4.91. The Morgan fingerprint density at radius 1 is 1.41 bits per heavy atom. The predicted octanol–water partition coefficient (Wildman–Crippen LogP) is 2.61. The number of nitrogens with two attached hydrogens (primary N) is 1. The maximum Gasteiger partial charge on any atom is 0.416 e. The highest BCUT2D eigenvalue weighted by atomic mass is 35.5. The standard InChI is InChI=1S/C10H9ClF3NO2/c1-5(9(15)16)17-8-3-6(10(12,13)14)2-7(11)4-8/h2-5H,1H3,(H2,15,16)/t5-/m0/s1. The number of halogens is 4. The average Bonchev–Trinajstić information content (AvgIpc) is 2.15. The third kappa shape index (κ3) is 3.81. The summed E-state index contributed by atoms with van der Waals surface area (Å²) in [6.07, 6.45) is -5.56. The lowest BCUT2D eigenvalue weighted by Gasteiger charge is -2.14. The van der Waals surface area contributed by atoms with Crippen molar-refractivity contribution < 1.29 is 22.7 Å². The molecule has 0 aliphatic carbocycles. The number of rotatable bonds is 3. The van der Waals surface area contributed by atoms with Crippen LogP contribution in [0.4, 0.5) is 13.2 Å². The van der Waals surface area contributed by atoms with Crippen LogP contribution in [0.2, 0.25) is 5.02 Å². The summed E-state index contributed by atoms with van der Waals surface area (Å²) in [5.41, 5.74) is 3.98. The van der Waals surface area contributed by atoms with Gasteiger partial charge in [0.05, 0.1) is 5.56 Å². The van der Waals surface area contributed by atoms with Crippen molar-refractivity contribution in [3.05, 3.63) is 28.8 Å². The molecule has 0 heterocycles. The van der Waals surface area contributed by atoms with Crippen molar-refractivity contribution in [2.75, 3.05) is 0 Å². The summed E-state index contributed by atoms with van der Waals surface area (Å²) >= 11 is 5.52. The molecule has 0 saturated heterocycles. The first kappa shape index (κ1) is 13.6. The zero-order chi connectivity index (χ0) is 13.2. The molecule has 17 heavy (non-hydrogen) atoms. The highest BCUT2D eigenvalue weighted by molar-refractivity contribution is 6.30. The van der Waals surface area contributed by atoms with Crippen LogP contribution in [0.25, 0.3) is 0 Å². The molecule has 0 aliphatic heterocycles. The summed E-state index contributed by atoms with van der Waals surface area (Å²) in [5, 5.41) is -0.133. The fraction of sp³-hybridized carbons (Fsp3) is 0.300. The molecule has 94 valence electrons. The number of carbonyl (C=O) groups excluding carboxylic acids is 1. The van der Waals surface area contributed by atoms with Crippen LogP contribution in [0.15, 0.2) is 18.2 Å². The van der Waals surface area contributed by atoms with Gasteiger partial charge >= 0.3 is 6.18 Å². The van der Waals surface area contributed by atoms with Gasteiger partial charge in [-0.25, -0.2) is 0 Å². The molecule has 1 atom stereocenters. The van der Waals surface area contributed by atoms with Crippen LogP contribution in [0.5, 0.6) is 5.75 Å². The second-order valence-corrected chi connectivity index (χ2v) is 3.77. The summed E-state index contributed by atoms with van der Waals surface area (Å²) < 4.78 is 42.2. The maximum absolute atomic E-state index is 12.4. The van der Waals surface area contributed by atoms with Gasteiger partial charge in [-0.05, 0) is 25.1 Å². The second-order valence-electron chi connectivity index (χ2n) is 3.34. The van der Waals surface area contributed by atoms with Crippen molar-refractivity contribution in [3.63, 3.8) is 0 Å². The lowest BCUT2D eigenvalue weighted by atomic mass is 10.2. The molecule has 1 aromatic carbocycles. The molecule has 3 nitrogen and oxygen atoms in total. The SMILES string of the molecule is C[C@H](Oc1cc(Cl)cc(C(F)(F)F)c1)C(N)=O. The molecule has 0 bridgehead atoms. The van der Waals surface area contributed by atoms with E-state index in [4.69, 9.17) is 22.1 Å². The Labute approximate surface area is 100 Å². The molecule has 1 aromatic rings. The normalized spacial score (nSPS) is 13.2. The third-order valence-corrected chi connectivity index (χ3v) is 2.13. The number of alkyl halides is 3. The molecule has 0 unspecified atom stereocenters. The summed E-state index contributed by atoms with van der Waals surface area (Å²) in [4.78, 5) is 10.7.